The number of para-hydroxylation sites is 1. The lowest BCUT2D eigenvalue weighted by atomic mass is 10.2. The Labute approximate surface area is 171 Å². The fourth-order valence-corrected chi connectivity index (χ4v) is 2.93. The predicted molar refractivity (Wildman–Crippen MR) is 114 cm³/mol. The topological polar surface area (TPSA) is 91.5 Å². The maximum atomic E-state index is 11.0. The zero-order valence-electron chi connectivity index (χ0n) is 14.8. The molecule has 0 aliphatic carbocycles. The molecule has 3 rings (SSSR count). The third-order valence-corrected chi connectivity index (χ3v) is 4.33. The fourth-order valence-electron chi connectivity index (χ4n) is 2.44. The molecule has 0 atom stereocenters. The number of aromatic carboxylic acids is 1. The molecule has 0 saturated heterocycles. The quantitative estimate of drug-likeness (QED) is 0.334. The minimum absolute atomic E-state index is 0.159. The first-order valence-corrected chi connectivity index (χ1v) is 8.98. The molecule has 7 nitrogen and oxygen atoms in total. The van der Waals surface area contributed by atoms with Crippen molar-refractivity contribution in [3.8, 4) is 5.69 Å². The van der Waals surface area contributed by atoms with Crippen LogP contribution in [-0.4, -0.2) is 32.2 Å². The summed E-state index contributed by atoms with van der Waals surface area (Å²) in [4.78, 5) is 11.0. The van der Waals surface area contributed by atoms with E-state index in [1.165, 1.54) is 18.3 Å². The number of aromatic nitrogens is 2. The van der Waals surface area contributed by atoms with Crippen LogP contribution in [0.2, 0.25) is 5.15 Å². The summed E-state index contributed by atoms with van der Waals surface area (Å²) < 4.78 is 1.63. The van der Waals surface area contributed by atoms with Crippen molar-refractivity contribution in [3.05, 3.63) is 76.6 Å². The van der Waals surface area contributed by atoms with Crippen molar-refractivity contribution in [2.24, 2.45) is 5.10 Å². The molecule has 3 N–H and O–H groups in total. The summed E-state index contributed by atoms with van der Waals surface area (Å²) in [6, 6.07) is 15.8. The summed E-state index contributed by atoms with van der Waals surface area (Å²) in [6.07, 6.45) is 1.53. The van der Waals surface area contributed by atoms with Crippen LogP contribution in [0.15, 0.2) is 59.7 Å². The van der Waals surface area contributed by atoms with Crippen molar-refractivity contribution in [2.45, 2.75) is 6.92 Å². The number of anilines is 1. The first-order chi connectivity index (χ1) is 13.5. The standard InChI is InChI=1S/C19H16ClN5O2S/c1-12-16(17(20)25(24-12)15-8-3-2-4-9-15)11-21-23-19(28)22-14-7-5-6-13(10-14)18(26)27/h2-11H,1H3,(H,26,27)(H2,22,23,28). The molecule has 0 aliphatic heterocycles. The molecule has 0 aliphatic rings. The number of hydrazone groups is 1. The molecule has 0 saturated carbocycles. The molecule has 0 bridgehead atoms. The number of benzene rings is 2. The molecule has 0 spiro atoms. The summed E-state index contributed by atoms with van der Waals surface area (Å²) in [6.45, 7) is 1.83. The Morgan fingerprint density at radius 2 is 2.00 bits per heavy atom. The van der Waals surface area contributed by atoms with Crippen LogP contribution < -0.4 is 10.7 Å². The number of thiocarbonyl (C=S) groups is 1. The van der Waals surface area contributed by atoms with Crippen LogP contribution in [0.3, 0.4) is 0 Å². The number of carboxylic acids is 1. The summed E-state index contributed by atoms with van der Waals surface area (Å²) >= 11 is 11.6. The lowest BCUT2D eigenvalue weighted by molar-refractivity contribution is 0.0697. The van der Waals surface area contributed by atoms with E-state index in [4.69, 9.17) is 28.9 Å². The second kappa shape index (κ2) is 8.64. The summed E-state index contributed by atoms with van der Waals surface area (Å²) in [5.41, 5.74) is 5.60. The highest BCUT2D eigenvalue weighted by Gasteiger charge is 2.13. The van der Waals surface area contributed by atoms with E-state index in [0.29, 0.717) is 22.1 Å². The van der Waals surface area contributed by atoms with Crippen molar-refractivity contribution in [1.82, 2.24) is 15.2 Å². The van der Waals surface area contributed by atoms with Gasteiger partial charge in [0.1, 0.15) is 5.15 Å². The summed E-state index contributed by atoms with van der Waals surface area (Å²) in [5.74, 6) is -1.01. The van der Waals surface area contributed by atoms with Gasteiger partial charge in [0.25, 0.3) is 0 Å². The van der Waals surface area contributed by atoms with Gasteiger partial charge in [-0.1, -0.05) is 35.9 Å². The van der Waals surface area contributed by atoms with Crippen molar-refractivity contribution >= 4 is 46.8 Å². The lowest BCUT2D eigenvalue weighted by Gasteiger charge is -2.07. The fraction of sp³-hybridized carbons (Fsp3) is 0.0526. The number of carboxylic acid groups (broad SMARTS) is 1. The molecule has 3 aromatic rings. The number of hydrogen-bond donors (Lipinski definition) is 3. The average molecular weight is 414 g/mol. The van der Waals surface area contributed by atoms with Gasteiger partial charge >= 0.3 is 5.97 Å². The van der Waals surface area contributed by atoms with Gasteiger partial charge in [0.05, 0.1) is 28.7 Å². The second-order valence-electron chi connectivity index (χ2n) is 5.75. The lowest BCUT2D eigenvalue weighted by Crippen LogP contribution is -2.24. The van der Waals surface area contributed by atoms with Gasteiger partial charge in [0.15, 0.2) is 5.11 Å². The largest absolute Gasteiger partial charge is 0.478 e. The van der Waals surface area contributed by atoms with E-state index in [9.17, 15) is 4.79 Å². The van der Waals surface area contributed by atoms with E-state index in [2.05, 4.69) is 20.9 Å². The third-order valence-electron chi connectivity index (χ3n) is 3.78. The highest BCUT2D eigenvalue weighted by Crippen LogP contribution is 2.21. The monoisotopic (exact) mass is 413 g/mol. The number of rotatable bonds is 5. The van der Waals surface area contributed by atoms with Gasteiger partial charge in [-0.15, -0.1) is 0 Å². The Balaban J connectivity index is 1.68. The van der Waals surface area contributed by atoms with Gasteiger partial charge in [-0.3, -0.25) is 5.43 Å². The maximum Gasteiger partial charge on any atom is 0.335 e. The van der Waals surface area contributed by atoms with Crippen molar-refractivity contribution in [1.29, 1.82) is 0 Å². The molecule has 142 valence electrons. The minimum atomic E-state index is -1.01. The summed E-state index contributed by atoms with van der Waals surface area (Å²) in [5, 5.41) is 21.1. The van der Waals surface area contributed by atoms with Gasteiger partial charge in [-0.25, -0.2) is 9.48 Å². The average Bonchev–Trinajstić information content (AvgIpc) is 2.97. The van der Waals surface area contributed by atoms with E-state index in [-0.39, 0.29) is 10.7 Å². The van der Waals surface area contributed by atoms with E-state index in [1.807, 2.05) is 37.3 Å². The Hall–Kier alpha value is -3.23. The number of halogens is 1. The van der Waals surface area contributed by atoms with Crippen molar-refractivity contribution < 1.29 is 9.90 Å². The van der Waals surface area contributed by atoms with Gasteiger partial charge in [0.2, 0.25) is 0 Å². The molecule has 0 fully saturated rings. The van der Waals surface area contributed by atoms with E-state index in [0.717, 1.165) is 5.69 Å². The number of hydrogen-bond acceptors (Lipinski definition) is 4. The first kappa shape index (κ1) is 19.5. The van der Waals surface area contributed by atoms with Crippen LogP contribution in [0.25, 0.3) is 5.69 Å². The highest BCUT2D eigenvalue weighted by molar-refractivity contribution is 7.80. The molecule has 1 aromatic heterocycles. The number of aryl methyl sites for hydroxylation is 1. The van der Waals surface area contributed by atoms with Crippen LogP contribution in [0, 0.1) is 6.92 Å². The van der Waals surface area contributed by atoms with Gasteiger partial charge in [0, 0.05) is 5.69 Å². The molecule has 28 heavy (non-hydrogen) atoms. The van der Waals surface area contributed by atoms with E-state index >= 15 is 0 Å². The number of carbonyl (C=O) groups is 1. The minimum Gasteiger partial charge on any atom is -0.478 e. The molecular formula is C19H16ClN5O2S. The third kappa shape index (κ3) is 4.54. The number of nitrogens with zero attached hydrogens (tertiary/aromatic N) is 3. The van der Waals surface area contributed by atoms with Crippen LogP contribution in [0.1, 0.15) is 21.6 Å². The smallest absolute Gasteiger partial charge is 0.335 e. The van der Waals surface area contributed by atoms with Crippen LogP contribution in [-0.2, 0) is 0 Å². The van der Waals surface area contributed by atoms with E-state index < -0.39 is 5.97 Å². The molecule has 0 unspecified atom stereocenters. The molecular weight excluding hydrogens is 398 g/mol. The van der Waals surface area contributed by atoms with Gasteiger partial charge in [-0.2, -0.15) is 10.2 Å². The Bertz CT molecular complexity index is 1050. The molecule has 9 heteroatoms. The van der Waals surface area contributed by atoms with Crippen LogP contribution in [0.4, 0.5) is 5.69 Å². The normalized spacial score (nSPS) is 10.8. The highest BCUT2D eigenvalue weighted by atomic mass is 35.5. The number of nitrogens with one attached hydrogen (secondary N) is 2. The van der Waals surface area contributed by atoms with Gasteiger partial charge < -0.3 is 10.4 Å². The predicted octanol–water partition coefficient (Wildman–Crippen LogP) is 3.85. The zero-order valence-corrected chi connectivity index (χ0v) is 16.3. The zero-order chi connectivity index (χ0) is 20.1. The van der Waals surface area contributed by atoms with E-state index in [1.54, 1.807) is 16.8 Å². The van der Waals surface area contributed by atoms with Crippen LogP contribution >= 0.6 is 23.8 Å². The maximum absolute atomic E-state index is 11.0. The molecule has 1 heterocycles. The van der Waals surface area contributed by atoms with Crippen molar-refractivity contribution in [3.63, 3.8) is 0 Å². The Morgan fingerprint density at radius 1 is 1.25 bits per heavy atom. The van der Waals surface area contributed by atoms with Gasteiger partial charge in [-0.05, 0) is 49.5 Å². The van der Waals surface area contributed by atoms with Crippen LogP contribution in [0.5, 0.6) is 0 Å². The Morgan fingerprint density at radius 3 is 2.71 bits per heavy atom. The SMILES string of the molecule is Cc1nn(-c2ccccc2)c(Cl)c1C=NNC(=S)Nc1cccc(C(=O)O)c1. The first-order valence-electron chi connectivity index (χ1n) is 8.19. The summed E-state index contributed by atoms with van der Waals surface area (Å²) in [7, 11) is 0. The van der Waals surface area contributed by atoms with Crippen molar-refractivity contribution in [2.75, 3.05) is 5.32 Å². The second-order valence-corrected chi connectivity index (χ2v) is 6.51. The Kier molecular flexibility index (Phi) is 6.03. The molecule has 0 amide bonds. The molecule has 2 aromatic carbocycles. The molecule has 0 radical (unpaired) electrons.